The Labute approximate surface area is 108 Å². The van der Waals surface area contributed by atoms with E-state index in [0.717, 1.165) is 18.4 Å². The van der Waals surface area contributed by atoms with E-state index in [1.54, 1.807) is 6.08 Å². The molecule has 0 bridgehead atoms. The van der Waals surface area contributed by atoms with E-state index in [2.05, 4.69) is 24.3 Å². The van der Waals surface area contributed by atoms with Gasteiger partial charge in [0.15, 0.2) is 0 Å². The number of hydrogen-bond donors (Lipinski definition) is 0. The van der Waals surface area contributed by atoms with Crippen molar-refractivity contribution in [1.29, 1.82) is 10.5 Å². The van der Waals surface area contributed by atoms with Crippen LogP contribution >= 0.6 is 0 Å². The Kier molecular flexibility index (Phi) is 4.15. The highest BCUT2D eigenvalue weighted by atomic mass is 14.3. The molecule has 0 spiro atoms. The molecular formula is C16H16N2. The molecule has 2 nitrogen and oxygen atoms in total. The van der Waals surface area contributed by atoms with Gasteiger partial charge in [-0.15, -0.1) is 0 Å². The third kappa shape index (κ3) is 2.99. The summed E-state index contributed by atoms with van der Waals surface area (Å²) in [4.78, 5) is 0. The lowest BCUT2D eigenvalue weighted by atomic mass is 9.78. The van der Waals surface area contributed by atoms with Crippen LogP contribution in [-0.2, 0) is 0 Å². The van der Waals surface area contributed by atoms with Crippen molar-refractivity contribution in [2.24, 2.45) is 5.92 Å². The first-order chi connectivity index (χ1) is 8.83. The molecule has 18 heavy (non-hydrogen) atoms. The third-order valence-electron chi connectivity index (χ3n) is 3.73. The van der Waals surface area contributed by atoms with Crippen LogP contribution in [0.1, 0.15) is 42.7 Å². The third-order valence-corrected chi connectivity index (χ3v) is 3.73. The maximum absolute atomic E-state index is 8.77. The summed E-state index contributed by atoms with van der Waals surface area (Å²) in [6.07, 6.45) is 8.30. The Morgan fingerprint density at radius 2 is 1.67 bits per heavy atom. The number of nitriles is 2. The second-order valence-electron chi connectivity index (χ2n) is 4.83. The minimum atomic E-state index is 0.569. The van der Waals surface area contributed by atoms with Crippen molar-refractivity contribution in [3.8, 4) is 12.1 Å². The first-order valence-corrected chi connectivity index (χ1v) is 6.40. The Hall–Kier alpha value is -2.06. The molecular weight excluding hydrogens is 220 g/mol. The van der Waals surface area contributed by atoms with Gasteiger partial charge in [0.2, 0.25) is 0 Å². The van der Waals surface area contributed by atoms with Gasteiger partial charge in [0.1, 0.15) is 0 Å². The smallest absolute Gasteiger partial charge is 0.0991 e. The Morgan fingerprint density at radius 1 is 1.00 bits per heavy atom. The minimum Gasteiger partial charge on any atom is -0.193 e. The van der Waals surface area contributed by atoms with Crippen LogP contribution in [0.15, 0.2) is 36.4 Å². The molecule has 0 amide bonds. The molecule has 1 aromatic carbocycles. The molecule has 0 aromatic heterocycles. The van der Waals surface area contributed by atoms with Gasteiger partial charge in [-0.2, -0.15) is 10.5 Å². The largest absolute Gasteiger partial charge is 0.193 e. The van der Waals surface area contributed by atoms with Crippen molar-refractivity contribution >= 4 is 0 Å². The summed E-state index contributed by atoms with van der Waals surface area (Å²) in [6.45, 7) is 0. The standard InChI is InChI=1S/C16H16N2/c17-11-1-2-13-3-7-15(8-4-13)16-9-5-14(12-18)6-10-16/h1-2,5-6,9-10,13,15H,3-4,7-8H2/t13-,15-. The van der Waals surface area contributed by atoms with E-state index in [0.29, 0.717) is 11.8 Å². The Morgan fingerprint density at radius 3 is 2.22 bits per heavy atom. The molecule has 2 rings (SSSR count). The first kappa shape index (κ1) is 12.4. The molecule has 0 saturated heterocycles. The van der Waals surface area contributed by atoms with E-state index in [4.69, 9.17) is 10.5 Å². The number of nitrogens with zero attached hydrogens (tertiary/aromatic N) is 2. The number of benzene rings is 1. The first-order valence-electron chi connectivity index (χ1n) is 6.40. The summed E-state index contributed by atoms with van der Waals surface area (Å²) in [6, 6.07) is 12.2. The van der Waals surface area contributed by atoms with Crippen molar-refractivity contribution in [2.75, 3.05) is 0 Å². The van der Waals surface area contributed by atoms with Crippen molar-refractivity contribution < 1.29 is 0 Å². The summed E-state index contributed by atoms with van der Waals surface area (Å²) in [5.74, 6) is 1.18. The van der Waals surface area contributed by atoms with Crippen LogP contribution in [0.5, 0.6) is 0 Å². The molecule has 0 unspecified atom stereocenters. The van der Waals surface area contributed by atoms with Gasteiger partial charge in [-0.05, 0) is 55.2 Å². The van der Waals surface area contributed by atoms with Crippen molar-refractivity contribution in [2.45, 2.75) is 31.6 Å². The molecule has 1 saturated carbocycles. The molecule has 1 aromatic rings. The van der Waals surface area contributed by atoms with Gasteiger partial charge in [0.25, 0.3) is 0 Å². The van der Waals surface area contributed by atoms with E-state index in [1.165, 1.54) is 18.4 Å². The monoisotopic (exact) mass is 236 g/mol. The fourth-order valence-electron chi connectivity index (χ4n) is 2.65. The highest BCUT2D eigenvalue weighted by molar-refractivity contribution is 5.33. The van der Waals surface area contributed by atoms with Gasteiger partial charge >= 0.3 is 0 Å². The quantitative estimate of drug-likeness (QED) is 0.731. The predicted octanol–water partition coefficient (Wildman–Crippen LogP) is 3.91. The van der Waals surface area contributed by atoms with Gasteiger partial charge in [-0.1, -0.05) is 18.2 Å². The lowest BCUT2D eigenvalue weighted by molar-refractivity contribution is 0.376. The number of hydrogen-bond acceptors (Lipinski definition) is 2. The van der Waals surface area contributed by atoms with E-state index in [9.17, 15) is 0 Å². The lowest BCUT2D eigenvalue weighted by Gasteiger charge is -2.26. The fourth-order valence-corrected chi connectivity index (χ4v) is 2.65. The van der Waals surface area contributed by atoms with Crippen LogP contribution in [0.25, 0.3) is 0 Å². The van der Waals surface area contributed by atoms with Crippen molar-refractivity contribution in [3.05, 3.63) is 47.5 Å². The normalized spacial score (nSPS) is 23.4. The summed E-state index contributed by atoms with van der Waals surface area (Å²) in [7, 11) is 0. The van der Waals surface area contributed by atoms with Crippen LogP contribution in [0.3, 0.4) is 0 Å². The van der Waals surface area contributed by atoms with Crippen molar-refractivity contribution in [1.82, 2.24) is 0 Å². The number of rotatable bonds is 2. The van der Waals surface area contributed by atoms with E-state index in [-0.39, 0.29) is 0 Å². The number of allylic oxidation sites excluding steroid dienone is 2. The molecule has 0 heterocycles. The molecule has 2 heteroatoms. The molecule has 0 N–H and O–H groups in total. The van der Waals surface area contributed by atoms with Crippen LogP contribution in [0.4, 0.5) is 0 Å². The fraction of sp³-hybridized carbons (Fsp3) is 0.375. The van der Waals surface area contributed by atoms with Crippen LogP contribution in [0, 0.1) is 28.6 Å². The zero-order valence-electron chi connectivity index (χ0n) is 10.3. The molecule has 1 aliphatic carbocycles. The zero-order valence-corrected chi connectivity index (χ0v) is 10.3. The van der Waals surface area contributed by atoms with Crippen LogP contribution in [-0.4, -0.2) is 0 Å². The summed E-state index contributed by atoms with van der Waals surface area (Å²) in [5.41, 5.74) is 2.07. The second kappa shape index (κ2) is 6.03. The second-order valence-corrected chi connectivity index (χ2v) is 4.83. The predicted molar refractivity (Wildman–Crippen MR) is 70.6 cm³/mol. The lowest BCUT2D eigenvalue weighted by Crippen LogP contribution is -2.11. The topological polar surface area (TPSA) is 47.6 Å². The molecule has 90 valence electrons. The van der Waals surface area contributed by atoms with Crippen LogP contribution < -0.4 is 0 Å². The molecule has 0 atom stereocenters. The summed E-state index contributed by atoms with van der Waals surface area (Å²) >= 11 is 0. The maximum Gasteiger partial charge on any atom is 0.0991 e. The zero-order chi connectivity index (χ0) is 12.8. The van der Waals surface area contributed by atoms with Crippen LogP contribution in [0.2, 0.25) is 0 Å². The van der Waals surface area contributed by atoms with Gasteiger partial charge in [-0.25, -0.2) is 0 Å². The van der Waals surface area contributed by atoms with E-state index in [1.807, 2.05) is 18.2 Å². The van der Waals surface area contributed by atoms with Gasteiger partial charge in [-0.3, -0.25) is 0 Å². The van der Waals surface area contributed by atoms with E-state index >= 15 is 0 Å². The average molecular weight is 236 g/mol. The molecule has 1 aliphatic rings. The highest BCUT2D eigenvalue weighted by Gasteiger charge is 2.20. The molecule has 0 radical (unpaired) electrons. The Bertz CT molecular complexity index is 491. The van der Waals surface area contributed by atoms with Gasteiger partial charge in [0.05, 0.1) is 17.7 Å². The average Bonchev–Trinajstić information content (AvgIpc) is 2.46. The minimum absolute atomic E-state index is 0.569. The van der Waals surface area contributed by atoms with E-state index < -0.39 is 0 Å². The molecule has 0 aliphatic heterocycles. The highest BCUT2D eigenvalue weighted by Crippen LogP contribution is 2.36. The maximum atomic E-state index is 8.77. The summed E-state index contributed by atoms with van der Waals surface area (Å²) < 4.78 is 0. The molecule has 1 fully saturated rings. The van der Waals surface area contributed by atoms with Gasteiger partial charge < -0.3 is 0 Å². The van der Waals surface area contributed by atoms with Gasteiger partial charge in [0, 0.05) is 6.08 Å². The Balaban J connectivity index is 1.95. The van der Waals surface area contributed by atoms with Crippen molar-refractivity contribution in [3.63, 3.8) is 0 Å². The SMILES string of the molecule is N#CC=C[C@H]1CC[C@H](c2ccc(C#N)cc2)CC1. The summed E-state index contributed by atoms with van der Waals surface area (Å²) in [5, 5.41) is 17.3.